The van der Waals surface area contributed by atoms with E-state index in [1.165, 1.54) is 0 Å². The first-order chi connectivity index (χ1) is 13.7. The lowest BCUT2D eigenvalue weighted by Gasteiger charge is -2.40. The number of nitrogens with one attached hydrogen (secondary N) is 1. The van der Waals surface area contributed by atoms with Crippen LogP contribution in [0.25, 0.3) is 0 Å². The van der Waals surface area contributed by atoms with Crippen molar-refractivity contribution in [3.8, 4) is 0 Å². The van der Waals surface area contributed by atoms with Gasteiger partial charge in [-0.05, 0) is 31.4 Å². The van der Waals surface area contributed by atoms with E-state index in [1.807, 2.05) is 0 Å². The minimum Gasteiger partial charge on any atom is -0.383 e. The molecule has 0 unspecified atom stereocenters. The summed E-state index contributed by atoms with van der Waals surface area (Å²) in [7, 11) is 0. The van der Waals surface area contributed by atoms with Crippen LogP contribution in [0.2, 0.25) is 0 Å². The Morgan fingerprint density at radius 1 is 1.21 bits per heavy atom. The van der Waals surface area contributed by atoms with Gasteiger partial charge in [-0.1, -0.05) is 0 Å². The van der Waals surface area contributed by atoms with E-state index in [0.29, 0.717) is 38.3 Å². The molecule has 1 aromatic rings. The number of urea groups is 1. The molecule has 3 heterocycles. The van der Waals surface area contributed by atoms with Gasteiger partial charge < -0.3 is 20.9 Å². The molecule has 1 aliphatic carbocycles. The Labute approximate surface area is 166 Å². The number of halogens is 3. The lowest BCUT2D eigenvalue weighted by Crippen LogP contribution is -2.53. The van der Waals surface area contributed by atoms with Crippen molar-refractivity contribution in [2.45, 2.75) is 31.4 Å². The van der Waals surface area contributed by atoms with E-state index in [1.54, 1.807) is 28.1 Å². The molecule has 3 fully saturated rings. The van der Waals surface area contributed by atoms with Crippen LogP contribution in [-0.2, 0) is 4.79 Å². The second kappa shape index (κ2) is 7.07. The number of pyridine rings is 1. The van der Waals surface area contributed by atoms with Crippen molar-refractivity contribution in [1.82, 2.24) is 14.8 Å². The molecule has 158 valence electrons. The molecule has 0 spiro atoms. The molecule has 10 heteroatoms. The molecule has 0 aromatic carbocycles. The highest BCUT2D eigenvalue weighted by molar-refractivity contribution is 5.80. The predicted octanol–water partition coefficient (Wildman–Crippen LogP) is 2.16. The number of amides is 3. The Hall–Kier alpha value is -2.52. The monoisotopic (exact) mass is 411 g/mol. The zero-order valence-electron chi connectivity index (χ0n) is 15.9. The molecular weight excluding hydrogens is 387 g/mol. The van der Waals surface area contributed by atoms with E-state index in [2.05, 4.69) is 10.3 Å². The SMILES string of the molecule is NC(=O)[C@H]1CCN(C(=O)N2CC(c3ccc(NCC4(C(F)(F)F)CC4)cn3)C2)C1. The number of nitrogens with zero attached hydrogens (tertiary/aromatic N) is 3. The molecule has 1 aromatic heterocycles. The molecule has 0 bridgehead atoms. The average Bonchev–Trinajstić information content (AvgIpc) is 3.27. The van der Waals surface area contributed by atoms with Gasteiger partial charge in [0.05, 0.1) is 23.2 Å². The summed E-state index contributed by atoms with van der Waals surface area (Å²) in [6.07, 6.45) is -1.70. The van der Waals surface area contributed by atoms with Crippen molar-refractivity contribution in [1.29, 1.82) is 0 Å². The highest BCUT2D eigenvalue weighted by atomic mass is 19.4. The maximum Gasteiger partial charge on any atom is 0.396 e. The zero-order chi connectivity index (χ0) is 20.8. The first kappa shape index (κ1) is 19.8. The highest BCUT2D eigenvalue weighted by Gasteiger charge is 2.62. The molecule has 4 rings (SSSR count). The Morgan fingerprint density at radius 3 is 2.45 bits per heavy atom. The van der Waals surface area contributed by atoms with Crippen molar-refractivity contribution in [2.75, 3.05) is 38.0 Å². The van der Waals surface area contributed by atoms with Crippen molar-refractivity contribution in [3.63, 3.8) is 0 Å². The summed E-state index contributed by atoms with van der Waals surface area (Å²) in [5.41, 5.74) is 5.08. The van der Waals surface area contributed by atoms with Crippen molar-refractivity contribution < 1.29 is 22.8 Å². The summed E-state index contributed by atoms with van der Waals surface area (Å²) in [5.74, 6) is -0.542. The second-order valence-corrected chi connectivity index (χ2v) is 8.32. The van der Waals surface area contributed by atoms with Gasteiger partial charge in [-0.25, -0.2) is 4.79 Å². The van der Waals surface area contributed by atoms with Gasteiger partial charge in [-0.15, -0.1) is 0 Å². The molecule has 2 saturated heterocycles. The molecule has 3 amide bonds. The van der Waals surface area contributed by atoms with Gasteiger partial charge in [0.1, 0.15) is 0 Å². The average molecular weight is 411 g/mol. The molecule has 2 aliphatic heterocycles. The summed E-state index contributed by atoms with van der Waals surface area (Å²) in [6, 6.07) is 3.43. The second-order valence-electron chi connectivity index (χ2n) is 8.32. The van der Waals surface area contributed by atoms with Crippen molar-refractivity contribution >= 4 is 17.6 Å². The minimum atomic E-state index is -4.18. The van der Waals surface area contributed by atoms with E-state index < -0.39 is 11.6 Å². The Balaban J connectivity index is 1.25. The van der Waals surface area contributed by atoms with Gasteiger partial charge in [-0.3, -0.25) is 9.78 Å². The zero-order valence-corrected chi connectivity index (χ0v) is 15.9. The normalized spacial score (nSPS) is 23.6. The van der Waals surface area contributed by atoms with Crippen LogP contribution in [0.1, 0.15) is 30.9 Å². The smallest absolute Gasteiger partial charge is 0.383 e. The van der Waals surface area contributed by atoms with E-state index in [4.69, 9.17) is 5.73 Å². The summed E-state index contributed by atoms with van der Waals surface area (Å²) in [4.78, 5) is 31.4. The molecule has 3 aliphatic rings. The number of hydrogen-bond donors (Lipinski definition) is 2. The van der Waals surface area contributed by atoms with Crippen LogP contribution < -0.4 is 11.1 Å². The number of aromatic nitrogens is 1. The predicted molar refractivity (Wildman–Crippen MR) is 99.0 cm³/mol. The third-order valence-electron chi connectivity index (χ3n) is 6.30. The van der Waals surface area contributed by atoms with Gasteiger partial charge >= 0.3 is 12.2 Å². The van der Waals surface area contributed by atoms with Crippen LogP contribution in [0.4, 0.5) is 23.7 Å². The van der Waals surface area contributed by atoms with E-state index in [-0.39, 0.29) is 43.2 Å². The van der Waals surface area contributed by atoms with Crippen LogP contribution in [0.3, 0.4) is 0 Å². The third-order valence-corrected chi connectivity index (χ3v) is 6.30. The Kier molecular flexibility index (Phi) is 4.82. The number of primary amides is 1. The maximum absolute atomic E-state index is 13.0. The highest BCUT2D eigenvalue weighted by Crippen LogP contribution is 2.57. The van der Waals surface area contributed by atoms with Crippen LogP contribution >= 0.6 is 0 Å². The molecule has 3 N–H and O–H groups in total. The van der Waals surface area contributed by atoms with Gasteiger partial charge in [0.25, 0.3) is 0 Å². The standard InChI is InChI=1S/C19H24F3N5O2/c20-19(21,22)18(4-5-18)11-25-14-1-2-15(24-7-14)13-9-27(10-13)17(29)26-6-3-12(8-26)16(23)28/h1-2,7,12-13,25H,3-6,8-11H2,(H2,23,28)/t12-/m0/s1. The molecule has 29 heavy (non-hydrogen) atoms. The molecule has 1 atom stereocenters. The van der Waals surface area contributed by atoms with E-state index in [0.717, 1.165) is 5.69 Å². The Morgan fingerprint density at radius 2 is 1.93 bits per heavy atom. The number of rotatable bonds is 5. The summed E-state index contributed by atoms with van der Waals surface area (Å²) < 4.78 is 38.9. The lowest BCUT2D eigenvalue weighted by atomic mass is 9.96. The van der Waals surface area contributed by atoms with Crippen molar-refractivity contribution in [3.05, 3.63) is 24.0 Å². The molecule has 1 saturated carbocycles. The van der Waals surface area contributed by atoms with Gasteiger partial charge in [0.15, 0.2) is 0 Å². The summed E-state index contributed by atoms with van der Waals surface area (Å²) in [5, 5.41) is 2.84. The third kappa shape index (κ3) is 3.84. The van der Waals surface area contributed by atoms with Crippen LogP contribution in [0.15, 0.2) is 18.3 Å². The first-order valence-electron chi connectivity index (χ1n) is 9.78. The quantitative estimate of drug-likeness (QED) is 0.777. The van der Waals surface area contributed by atoms with Gasteiger partial charge in [0.2, 0.25) is 5.91 Å². The fourth-order valence-corrected chi connectivity index (χ4v) is 3.92. The van der Waals surface area contributed by atoms with E-state index in [9.17, 15) is 22.8 Å². The first-order valence-corrected chi connectivity index (χ1v) is 9.78. The van der Waals surface area contributed by atoms with Crippen molar-refractivity contribution in [2.24, 2.45) is 17.1 Å². The number of anilines is 1. The Bertz CT molecular complexity index is 788. The van der Waals surface area contributed by atoms with Crippen LogP contribution in [-0.4, -0.2) is 65.6 Å². The van der Waals surface area contributed by atoms with Crippen LogP contribution in [0, 0.1) is 11.3 Å². The van der Waals surface area contributed by atoms with Gasteiger partial charge in [-0.2, -0.15) is 13.2 Å². The lowest BCUT2D eigenvalue weighted by molar-refractivity contribution is -0.182. The summed E-state index contributed by atoms with van der Waals surface area (Å²) in [6.45, 7) is 1.84. The van der Waals surface area contributed by atoms with Gasteiger partial charge in [0, 0.05) is 44.3 Å². The maximum atomic E-state index is 13.0. The molecule has 7 nitrogen and oxygen atoms in total. The fraction of sp³-hybridized carbons (Fsp3) is 0.632. The summed E-state index contributed by atoms with van der Waals surface area (Å²) >= 11 is 0. The number of carbonyl (C=O) groups excluding carboxylic acids is 2. The molecule has 0 radical (unpaired) electrons. The van der Waals surface area contributed by atoms with E-state index >= 15 is 0 Å². The largest absolute Gasteiger partial charge is 0.396 e. The van der Waals surface area contributed by atoms with Crippen LogP contribution in [0.5, 0.6) is 0 Å². The topological polar surface area (TPSA) is 91.6 Å². The number of nitrogens with two attached hydrogens (primary N) is 1. The number of hydrogen-bond acceptors (Lipinski definition) is 4. The number of alkyl halides is 3. The number of likely N-dealkylation sites (tertiary alicyclic amines) is 2. The minimum absolute atomic E-state index is 0.0924. The fourth-order valence-electron chi connectivity index (χ4n) is 3.92. The molecular formula is C19H24F3N5O2. The number of carbonyl (C=O) groups is 2.